The van der Waals surface area contributed by atoms with Gasteiger partial charge in [0, 0.05) is 43.5 Å². The van der Waals surface area contributed by atoms with Crippen molar-refractivity contribution in [3.05, 3.63) is 0 Å². The van der Waals surface area contributed by atoms with E-state index in [0.29, 0.717) is 17.3 Å². The van der Waals surface area contributed by atoms with Crippen molar-refractivity contribution in [1.29, 1.82) is 0 Å². The number of alkyl halides is 1. The van der Waals surface area contributed by atoms with Gasteiger partial charge in [0.15, 0.2) is 0 Å². The number of fused-ring (bicyclic) bond motifs is 1. The molecule has 0 N–H and O–H groups in total. The molecule has 0 radical (unpaired) electrons. The molecule has 0 amide bonds. The number of piperidine rings is 1. The molecular weight excluding hydrogens is 193 g/mol. The van der Waals surface area contributed by atoms with Crippen molar-refractivity contribution in [3.8, 4) is 0 Å². The Morgan fingerprint density at radius 3 is 2.53 bits per heavy atom. The Bertz CT molecular complexity index is 242. The highest BCUT2D eigenvalue weighted by Gasteiger charge is 2.58. The van der Waals surface area contributed by atoms with Gasteiger partial charge in [0.2, 0.25) is 0 Å². The second-order valence-electron chi connectivity index (χ2n) is 5.60. The van der Waals surface area contributed by atoms with Crippen LogP contribution in [0.3, 0.4) is 0 Å². The number of halogens is 1. The molecule has 2 unspecified atom stereocenters. The Labute approximate surface area is 90.8 Å². The van der Waals surface area contributed by atoms with E-state index in [1.54, 1.807) is 0 Å². The van der Waals surface area contributed by atoms with Crippen LogP contribution in [-0.2, 0) is 4.74 Å². The van der Waals surface area contributed by atoms with Crippen LogP contribution in [0.25, 0.3) is 0 Å². The molecule has 0 aromatic carbocycles. The smallest absolute Gasteiger partial charge is 0.109 e. The summed E-state index contributed by atoms with van der Waals surface area (Å²) in [5, 5.41) is 0. The summed E-state index contributed by atoms with van der Waals surface area (Å²) in [4.78, 5) is 2.46. The molecule has 1 aliphatic heterocycles. The van der Waals surface area contributed by atoms with Crippen molar-refractivity contribution in [1.82, 2.24) is 4.90 Å². The van der Waals surface area contributed by atoms with E-state index in [4.69, 9.17) is 4.74 Å². The van der Waals surface area contributed by atoms with E-state index in [9.17, 15) is 4.39 Å². The van der Waals surface area contributed by atoms with Gasteiger partial charge in [-0.1, -0.05) is 0 Å². The average Bonchev–Trinajstić information content (AvgIpc) is 3.04. The van der Waals surface area contributed by atoms with Crippen LogP contribution in [0.1, 0.15) is 19.8 Å². The summed E-state index contributed by atoms with van der Waals surface area (Å²) in [7, 11) is 0. The van der Waals surface area contributed by atoms with Gasteiger partial charge in [0.25, 0.3) is 0 Å². The Kier molecular flexibility index (Phi) is 2.29. The molecule has 1 heterocycles. The van der Waals surface area contributed by atoms with Crippen LogP contribution in [-0.4, -0.2) is 43.9 Å². The van der Waals surface area contributed by atoms with Crippen LogP contribution in [0.2, 0.25) is 0 Å². The standard InChI is InChI=1S/C12H20FNO/c1-2-15-8-12(3-4-12)7-14-5-9-10(6-14)11(9)13/h9-11H,2-8H2,1H3. The van der Waals surface area contributed by atoms with Gasteiger partial charge in [-0.2, -0.15) is 0 Å². The van der Waals surface area contributed by atoms with Gasteiger partial charge in [-0.25, -0.2) is 4.39 Å². The highest BCUT2D eigenvalue weighted by Crippen LogP contribution is 2.52. The van der Waals surface area contributed by atoms with Crippen molar-refractivity contribution in [3.63, 3.8) is 0 Å². The molecule has 2 nitrogen and oxygen atoms in total. The maximum absolute atomic E-state index is 13.0. The zero-order valence-corrected chi connectivity index (χ0v) is 9.42. The zero-order valence-electron chi connectivity index (χ0n) is 9.42. The fraction of sp³-hybridized carbons (Fsp3) is 1.00. The van der Waals surface area contributed by atoms with E-state index >= 15 is 0 Å². The first-order valence-corrected chi connectivity index (χ1v) is 6.18. The third-order valence-electron chi connectivity index (χ3n) is 4.29. The number of hydrogen-bond acceptors (Lipinski definition) is 2. The lowest BCUT2D eigenvalue weighted by Gasteiger charge is -2.24. The lowest BCUT2D eigenvalue weighted by molar-refractivity contribution is 0.0792. The molecule has 3 heteroatoms. The van der Waals surface area contributed by atoms with Gasteiger partial charge in [-0.15, -0.1) is 0 Å². The molecule has 3 aliphatic rings. The highest BCUT2D eigenvalue weighted by molar-refractivity contribution is 5.08. The number of hydrogen-bond donors (Lipinski definition) is 0. The van der Waals surface area contributed by atoms with Crippen molar-refractivity contribution in [2.75, 3.05) is 32.8 Å². The summed E-state index contributed by atoms with van der Waals surface area (Å²) in [6.45, 7) is 6.93. The molecule has 2 atom stereocenters. The maximum Gasteiger partial charge on any atom is 0.109 e. The van der Waals surface area contributed by atoms with E-state index in [0.717, 1.165) is 32.8 Å². The van der Waals surface area contributed by atoms with Crippen LogP contribution < -0.4 is 0 Å². The summed E-state index contributed by atoms with van der Waals surface area (Å²) >= 11 is 0. The molecule has 3 rings (SSSR count). The lowest BCUT2D eigenvalue weighted by Crippen LogP contribution is -2.33. The van der Waals surface area contributed by atoms with Crippen LogP contribution in [0.15, 0.2) is 0 Å². The summed E-state index contributed by atoms with van der Waals surface area (Å²) < 4.78 is 18.5. The van der Waals surface area contributed by atoms with Gasteiger partial charge in [-0.3, -0.25) is 0 Å². The van der Waals surface area contributed by atoms with Crippen molar-refractivity contribution in [2.24, 2.45) is 17.3 Å². The summed E-state index contributed by atoms with van der Waals surface area (Å²) in [6, 6.07) is 0. The third-order valence-corrected chi connectivity index (χ3v) is 4.29. The van der Waals surface area contributed by atoms with Crippen molar-refractivity contribution in [2.45, 2.75) is 25.9 Å². The average molecular weight is 213 g/mol. The fourth-order valence-electron chi connectivity index (χ4n) is 2.99. The topological polar surface area (TPSA) is 12.5 Å². The van der Waals surface area contributed by atoms with Crippen molar-refractivity contribution >= 4 is 0 Å². The number of likely N-dealkylation sites (tertiary alicyclic amines) is 1. The molecule has 2 saturated carbocycles. The van der Waals surface area contributed by atoms with Crippen molar-refractivity contribution < 1.29 is 9.13 Å². The molecule has 3 fully saturated rings. The SMILES string of the molecule is CCOCC1(CN2CC3C(F)C3C2)CC1. The molecule has 2 aliphatic carbocycles. The normalized spacial score (nSPS) is 41.6. The summed E-state index contributed by atoms with van der Waals surface area (Å²) in [5.74, 6) is 0.765. The van der Waals surface area contributed by atoms with Gasteiger partial charge in [0.1, 0.15) is 6.17 Å². The van der Waals surface area contributed by atoms with E-state index < -0.39 is 6.17 Å². The van der Waals surface area contributed by atoms with Gasteiger partial charge in [0.05, 0.1) is 6.61 Å². The Morgan fingerprint density at radius 2 is 2.00 bits per heavy atom. The minimum atomic E-state index is -0.469. The molecule has 15 heavy (non-hydrogen) atoms. The van der Waals surface area contributed by atoms with Gasteiger partial charge in [-0.05, 0) is 19.8 Å². The van der Waals surface area contributed by atoms with Gasteiger partial charge >= 0.3 is 0 Å². The largest absolute Gasteiger partial charge is 0.381 e. The van der Waals surface area contributed by atoms with E-state index in [-0.39, 0.29) is 0 Å². The molecule has 0 aromatic heterocycles. The lowest BCUT2D eigenvalue weighted by atomic mass is 10.1. The summed E-state index contributed by atoms with van der Waals surface area (Å²) in [5.41, 5.74) is 0.443. The van der Waals surface area contributed by atoms with Crippen LogP contribution in [0.5, 0.6) is 0 Å². The molecule has 0 spiro atoms. The van der Waals surface area contributed by atoms with E-state index in [2.05, 4.69) is 11.8 Å². The predicted molar refractivity (Wildman–Crippen MR) is 56.5 cm³/mol. The first-order chi connectivity index (χ1) is 7.24. The number of ether oxygens (including phenoxy) is 1. The molecule has 86 valence electrons. The predicted octanol–water partition coefficient (Wildman–Crippen LogP) is 1.70. The minimum absolute atomic E-state index is 0.382. The van der Waals surface area contributed by atoms with E-state index in [1.165, 1.54) is 12.8 Å². The number of nitrogens with zero attached hydrogens (tertiary/aromatic N) is 1. The van der Waals surface area contributed by atoms with Crippen LogP contribution in [0, 0.1) is 17.3 Å². The molecule has 1 saturated heterocycles. The zero-order chi connectivity index (χ0) is 10.5. The maximum atomic E-state index is 13.0. The third kappa shape index (κ3) is 1.80. The fourth-order valence-corrected chi connectivity index (χ4v) is 2.99. The summed E-state index contributed by atoms with van der Waals surface area (Å²) in [6.07, 6.45) is 2.14. The Hall–Kier alpha value is -0.150. The minimum Gasteiger partial charge on any atom is -0.381 e. The Balaban J connectivity index is 1.46. The highest BCUT2D eigenvalue weighted by atomic mass is 19.1. The quantitative estimate of drug-likeness (QED) is 0.689. The monoisotopic (exact) mass is 213 g/mol. The van der Waals surface area contributed by atoms with E-state index in [1.807, 2.05) is 0 Å². The van der Waals surface area contributed by atoms with Gasteiger partial charge < -0.3 is 9.64 Å². The first kappa shape index (κ1) is 10.0. The molecular formula is C12H20FNO. The second-order valence-corrected chi connectivity index (χ2v) is 5.60. The van der Waals surface area contributed by atoms with Crippen LogP contribution in [0.4, 0.5) is 4.39 Å². The molecule has 0 bridgehead atoms. The first-order valence-electron chi connectivity index (χ1n) is 6.18. The molecule has 0 aromatic rings. The second kappa shape index (κ2) is 3.42. The van der Waals surface area contributed by atoms with Crippen LogP contribution >= 0.6 is 0 Å². The number of rotatable bonds is 5. The Morgan fingerprint density at radius 1 is 1.33 bits per heavy atom.